The molecule has 1 aromatic carbocycles. The maximum absolute atomic E-state index is 12.4. The van der Waals surface area contributed by atoms with Crippen LogP contribution in [0.3, 0.4) is 0 Å². The van der Waals surface area contributed by atoms with Gasteiger partial charge in [0.2, 0.25) is 16.0 Å². The number of anilines is 1. The van der Waals surface area contributed by atoms with Crippen LogP contribution >= 0.6 is 11.3 Å². The van der Waals surface area contributed by atoms with E-state index in [0.29, 0.717) is 11.3 Å². The van der Waals surface area contributed by atoms with E-state index in [9.17, 15) is 22.8 Å². The lowest BCUT2D eigenvalue weighted by atomic mass is 10.2. The Morgan fingerprint density at radius 1 is 1.21 bits per heavy atom. The summed E-state index contributed by atoms with van der Waals surface area (Å²) in [5.41, 5.74) is 0.305. The first kappa shape index (κ1) is 17.7. The van der Waals surface area contributed by atoms with E-state index in [0.717, 1.165) is 0 Å². The van der Waals surface area contributed by atoms with Gasteiger partial charge in [0.15, 0.2) is 0 Å². The predicted octanol–water partition coefficient (Wildman–Crippen LogP) is 1.93. The number of hydrogen-bond acceptors (Lipinski definition) is 6. The van der Waals surface area contributed by atoms with Crippen LogP contribution in [0.4, 0.5) is 18.3 Å². The third-order valence-electron chi connectivity index (χ3n) is 2.68. The molecular weight excluding hydrogens is 349 g/mol. The molecule has 0 saturated heterocycles. The van der Waals surface area contributed by atoms with E-state index in [4.69, 9.17) is 4.74 Å². The van der Waals surface area contributed by atoms with Crippen LogP contribution in [0.5, 0.6) is 5.75 Å². The van der Waals surface area contributed by atoms with Gasteiger partial charge in [-0.2, -0.15) is 13.2 Å². The highest BCUT2D eigenvalue weighted by atomic mass is 32.1. The SMILES string of the molecule is COc1ccc(C(=O)NCC(=O)Nc2nnc(C(F)(F)F)s2)cc1. The molecule has 0 unspecified atom stereocenters. The van der Waals surface area contributed by atoms with Crippen molar-refractivity contribution >= 4 is 28.3 Å². The molecule has 0 spiro atoms. The van der Waals surface area contributed by atoms with Gasteiger partial charge in [0.25, 0.3) is 5.91 Å². The summed E-state index contributed by atoms with van der Waals surface area (Å²) in [6, 6.07) is 6.17. The quantitative estimate of drug-likeness (QED) is 0.850. The molecule has 2 amide bonds. The number of nitrogens with zero attached hydrogens (tertiary/aromatic N) is 2. The van der Waals surface area contributed by atoms with Gasteiger partial charge in [0.05, 0.1) is 13.7 Å². The van der Waals surface area contributed by atoms with Gasteiger partial charge >= 0.3 is 6.18 Å². The van der Waals surface area contributed by atoms with Crippen molar-refractivity contribution in [1.29, 1.82) is 0 Å². The van der Waals surface area contributed by atoms with Crippen molar-refractivity contribution in [3.8, 4) is 5.75 Å². The number of halogens is 3. The van der Waals surface area contributed by atoms with Gasteiger partial charge in [-0.25, -0.2) is 0 Å². The first-order valence-electron chi connectivity index (χ1n) is 6.42. The van der Waals surface area contributed by atoms with Crippen molar-refractivity contribution in [3.63, 3.8) is 0 Å². The fourth-order valence-electron chi connectivity index (χ4n) is 1.56. The van der Waals surface area contributed by atoms with Crippen molar-refractivity contribution in [3.05, 3.63) is 34.8 Å². The molecule has 128 valence electrons. The van der Waals surface area contributed by atoms with E-state index in [1.165, 1.54) is 19.2 Å². The molecule has 1 heterocycles. The Morgan fingerprint density at radius 3 is 2.42 bits per heavy atom. The number of carbonyl (C=O) groups excluding carboxylic acids is 2. The number of ether oxygens (including phenoxy) is 1. The van der Waals surface area contributed by atoms with Crippen LogP contribution in [-0.2, 0) is 11.0 Å². The van der Waals surface area contributed by atoms with Crippen molar-refractivity contribution in [2.45, 2.75) is 6.18 Å². The summed E-state index contributed by atoms with van der Waals surface area (Å²) < 4.78 is 42.0. The van der Waals surface area contributed by atoms with Gasteiger partial charge in [-0.3, -0.25) is 14.9 Å². The van der Waals surface area contributed by atoms with Gasteiger partial charge in [-0.15, -0.1) is 10.2 Å². The van der Waals surface area contributed by atoms with Crippen LogP contribution < -0.4 is 15.4 Å². The number of nitrogens with one attached hydrogen (secondary N) is 2. The molecule has 0 saturated carbocycles. The minimum absolute atomic E-state index is 0.197. The zero-order valence-corrected chi connectivity index (χ0v) is 13.0. The molecule has 1 aromatic heterocycles. The Kier molecular flexibility index (Phi) is 5.34. The topological polar surface area (TPSA) is 93.2 Å². The zero-order valence-electron chi connectivity index (χ0n) is 12.2. The molecule has 2 rings (SSSR count). The number of hydrogen-bond donors (Lipinski definition) is 2. The minimum Gasteiger partial charge on any atom is -0.497 e. The fourth-order valence-corrected chi connectivity index (χ4v) is 2.18. The highest BCUT2D eigenvalue weighted by molar-refractivity contribution is 7.15. The Morgan fingerprint density at radius 2 is 1.88 bits per heavy atom. The van der Waals surface area contributed by atoms with Gasteiger partial charge in [0, 0.05) is 5.56 Å². The lowest BCUT2D eigenvalue weighted by molar-refractivity contribution is -0.138. The lowest BCUT2D eigenvalue weighted by Crippen LogP contribution is -2.32. The lowest BCUT2D eigenvalue weighted by Gasteiger charge is -2.05. The number of alkyl halides is 3. The first-order valence-corrected chi connectivity index (χ1v) is 7.24. The maximum atomic E-state index is 12.4. The van der Waals surface area contributed by atoms with Crippen LogP contribution in [-0.4, -0.2) is 35.7 Å². The summed E-state index contributed by atoms with van der Waals surface area (Å²) in [5.74, 6) is -0.663. The van der Waals surface area contributed by atoms with E-state index >= 15 is 0 Å². The number of benzene rings is 1. The highest BCUT2D eigenvalue weighted by Gasteiger charge is 2.35. The van der Waals surface area contributed by atoms with E-state index in [1.807, 2.05) is 0 Å². The largest absolute Gasteiger partial charge is 0.497 e. The molecule has 0 fully saturated rings. The summed E-state index contributed by atoms with van der Waals surface area (Å²) in [4.78, 5) is 23.5. The standard InChI is InChI=1S/C13H11F3N4O3S/c1-23-8-4-2-7(3-5-8)10(22)17-6-9(21)18-12-20-19-11(24-12)13(14,15)16/h2-5H,6H2,1H3,(H,17,22)(H,18,20,21). The molecule has 2 N–H and O–H groups in total. The second kappa shape index (κ2) is 7.25. The second-order valence-corrected chi connectivity index (χ2v) is 5.35. The van der Waals surface area contributed by atoms with Crippen molar-refractivity contribution in [2.24, 2.45) is 0 Å². The molecule has 0 atom stereocenters. The van der Waals surface area contributed by atoms with Crippen LogP contribution in [0.2, 0.25) is 0 Å². The second-order valence-electron chi connectivity index (χ2n) is 4.37. The smallest absolute Gasteiger partial charge is 0.445 e. The Balaban J connectivity index is 1.86. The molecule has 0 radical (unpaired) electrons. The van der Waals surface area contributed by atoms with Crippen molar-refractivity contribution in [2.75, 3.05) is 19.0 Å². The van der Waals surface area contributed by atoms with Crippen LogP contribution in [0.25, 0.3) is 0 Å². The molecule has 7 nitrogen and oxygen atoms in total. The molecule has 0 bridgehead atoms. The molecule has 11 heteroatoms. The van der Waals surface area contributed by atoms with Crippen LogP contribution in [0, 0.1) is 0 Å². The third-order valence-corrected chi connectivity index (χ3v) is 3.56. The Labute approximate surface area is 137 Å². The average molecular weight is 360 g/mol. The summed E-state index contributed by atoms with van der Waals surface area (Å²) in [6.45, 7) is -0.425. The number of amides is 2. The molecule has 2 aromatic rings. The van der Waals surface area contributed by atoms with Crippen LogP contribution in [0.1, 0.15) is 15.4 Å². The van der Waals surface area contributed by atoms with E-state index in [1.54, 1.807) is 12.1 Å². The number of carbonyl (C=O) groups is 2. The van der Waals surface area contributed by atoms with Gasteiger partial charge in [0.1, 0.15) is 5.75 Å². The fraction of sp³-hybridized carbons (Fsp3) is 0.231. The molecule has 0 aliphatic rings. The van der Waals surface area contributed by atoms with Gasteiger partial charge in [-0.1, -0.05) is 11.3 Å². The summed E-state index contributed by atoms with van der Waals surface area (Å²) in [7, 11) is 1.48. The summed E-state index contributed by atoms with van der Waals surface area (Å²) in [5, 5.41) is 9.15. The van der Waals surface area contributed by atoms with Crippen molar-refractivity contribution in [1.82, 2.24) is 15.5 Å². The maximum Gasteiger partial charge on any atom is 0.445 e. The normalized spacial score (nSPS) is 11.0. The van der Waals surface area contributed by atoms with Gasteiger partial charge in [-0.05, 0) is 24.3 Å². The van der Waals surface area contributed by atoms with Gasteiger partial charge < -0.3 is 10.1 Å². The molecule has 0 aliphatic carbocycles. The van der Waals surface area contributed by atoms with E-state index in [-0.39, 0.29) is 16.5 Å². The average Bonchev–Trinajstić information content (AvgIpc) is 3.01. The van der Waals surface area contributed by atoms with Crippen LogP contribution in [0.15, 0.2) is 24.3 Å². The third kappa shape index (κ3) is 4.65. The summed E-state index contributed by atoms with van der Waals surface area (Å²) >= 11 is 0.197. The van der Waals surface area contributed by atoms with E-state index < -0.39 is 29.5 Å². The molecular formula is C13H11F3N4O3S. The number of methoxy groups -OCH3 is 1. The highest BCUT2D eigenvalue weighted by Crippen LogP contribution is 2.32. The molecule has 24 heavy (non-hydrogen) atoms. The number of rotatable bonds is 5. The molecule has 0 aliphatic heterocycles. The van der Waals surface area contributed by atoms with E-state index in [2.05, 4.69) is 20.8 Å². The predicted molar refractivity (Wildman–Crippen MR) is 78.9 cm³/mol. The zero-order chi connectivity index (χ0) is 17.7. The minimum atomic E-state index is -4.62. The first-order chi connectivity index (χ1) is 11.3. The monoisotopic (exact) mass is 360 g/mol. The Hall–Kier alpha value is -2.69. The summed E-state index contributed by atoms with van der Waals surface area (Å²) in [6.07, 6.45) is -4.62. The van der Waals surface area contributed by atoms with Crippen molar-refractivity contribution < 1.29 is 27.5 Å². The Bertz CT molecular complexity index is 731. The number of aromatic nitrogens is 2.